The summed E-state index contributed by atoms with van der Waals surface area (Å²) in [5.74, 6) is -1.05. The number of esters is 3. The first-order valence-corrected chi connectivity index (χ1v) is 24.6. The van der Waals surface area contributed by atoms with E-state index in [1.807, 2.05) is 36.5 Å². The number of carbonyl (C=O) groups excluding carboxylic acids is 3. The van der Waals surface area contributed by atoms with Crippen LogP contribution in [0.3, 0.4) is 0 Å². The number of unbranched alkanes of at least 4 members (excludes halogenated alkanes) is 14. The standard InChI is InChI=1S/C56H88O6/c1-4-7-10-13-16-19-22-25-27-28-29-32-34-37-40-43-46-49-55(58)61-52-53(51-60-54(57)48-45-42-39-36-33-30-24-21-18-15-12-9-6-3)62-56(59)50-47-44-41-38-35-31-26-23-20-17-14-11-8-5-2/h8-9,11-12,15,17-18,20-21,24-27,29-33,37,40,53H,4-7,10,13-14,16,19,22-23,28,34-36,38-39,41-52H2,1-3H3/b11-8+,12-9+,18-15+,20-17+,24-21+,27-25+,31-26+,32-29+,33-30+,40-37+. The number of rotatable bonds is 42. The molecule has 0 aromatic carbocycles. The molecular weight excluding hydrogens is 769 g/mol. The molecule has 0 N–H and O–H groups in total. The van der Waals surface area contributed by atoms with Gasteiger partial charge in [0.05, 0.1) is 0 Å². The molecular formula is C56H88O6. The second-order valence-corrected chi connectivity index (χ2v) is 15.7. The van der Waals surface area contributed by atoms with Gasteiger partial charge in [-0.15, -0.1) is 0 Å². The zero-order valence-electron chi connectivity index (χ0n) is 39.6. The fourth-order valence-electron chi connectivity index (χ4n) is 6.13. The Morgan fingerprint density at radius 2 is 0.726 bits per heavy atom. The van der Waals surface area contributed by atoms with Crippen LogP contribution in [0.5, 0.6) is 0 Å². The highest BCUT2D eigenvalue weighted by Gasteiger charge is 2.19. The van der Waals surface area contributed by atoms with Crippen LogP contribution in [0.2, 0.25) is 0 Å². The Balaban J connectivity index is 4.58. The van der Waals surface area contributed by atoms with Crippen molar-refractivity contribution in [2.75, 3.05) is 13.2 Å². The summed E-state index contributed by atoms with van der Waals surface area (Å²) in [6, 6.07) is 0. The molecule has 0 rings (SSSR count). The largest absolute Gasteiger partial charge is 0.462 e. The van der Waals surface area contributed by atoms with E-state index in [0.29, 0.717) is 12.8 Å². The second-order valence-electron chi connectivity index (χ2n) is 15.7. The van der Waals surface area contributed by atoms with Crippen LogP contribution in [-0.4, -0.2) is 37.2 Å². The number of hydrogen-bond acceptors (Lipinski definition) is 6. The van der Waals surface area contributed by atoms with E-state index in [4.69, 9.17) is 14.2 Å². The van der Waals surface area contributed by atoms with Crippen LogP contribution in [-0.2, 0) is 28.6 Å². The highest BCUT2D eigenvalue weighted by Crippen LogP contribution is 2.11. The van der Waals surface area contributed by atoms with Crippen molar-refractivity contribution < 1.29 is 28.6 Å². The quantitative estimate of drug-likeness (QED) is 0.0200. The average Bonchev–Trinajstić information content (AvgIpc) is 3.27. The first-order chi connectivity index (χ1) is 30.5. The highest BCUT2D eigenvalue weighted by molar-refractivity contribution is 5.71. The van der Waals surface area contributed by atoms with E-state index in [9.17, 15) is 14.4 Å². The van der Waals surface area contributed by atoms with E-state index < -0.39 is 6.10 Å². The maximum absolute atomic E-state index is 12.8. The SMILES string of the molecule is CC/C=C/C=C/C=C/C=C/CCCCCC(=O)OCC(COC(=O)CCC/C=C/C/C=C/C/C=C/CCCCCCCC)OC(=O)CCCCCC/C=C/C/C=C/C/C=C/CC. The monoisotopic (exact) mass is 857 g/mol. The van der Waals surface area contributed by atoms with Crippen LogP contribution >= 0.6 is 0 Å². The molecule has 0 fully saturated rings. The van der Waals surface area contributed by atoms with Gasteiger partial charge >= 0.3 is 17.9 Å². The third kappa shape index (κ3) is 46.9. The van der Waals surface area contributed by atoms with Crippen LogP contribution in [0.1, 0.15) is 194 Å². The summed E-state index contributed by atoms with van der Waals surface area (Å²) in [7, 11) is 0. The van der Waals surface area contributed by atoms with E-state index >= 15 is 0 Å². The lowest BCUT2D eigenvalue weighted by Crippen LogP contribution is -2.30. The summed E-state index contributed by atoms with van der Waals surface area (Å²) in [4.78, 5) is 37.9. The van der Waals surface area contributed by atoms with E-state index in [1.54, 1.807) is 0 Å². The minimum atomic E-state index is -0.829. The molecule has 0 saturated heterocycles. The van der Waals surface area contributed by atoms with Crippen molar-refractivity contribution in [1.82, 2.24) is 0 Å². The third-order valence-corrected chi connectivity index (χ3v) is 9.78. The highest BCUT2D eigenvalue weighted by atomic mass is 16.6. The average molecular weight is 857 g/mol. The minimum absolute atomic E-state index is 0.127. The van der Waals surface area contributed by atoms with Crippen LogP contribution < -0.4 is 0 Å². The fraction of sp³-hybridized carbons (Fsp3) is 0.589. The van der Waals surface area contributed by atoms with Gasteiger partial charge in [-0.25, -0.2) is 0 Å². The maximum atomic E-state index is 12.8. The first kappa shape index (κ1) is 57.8. The zero-order chi connectivity index (χ0) is 45.1. The molecule has 0 radical (unpaired) electrons. The molecule has 1 atom stereocenters. The van der Waals surface area contributed by atoms with Gasteiger partial charge in [0.2, 0.25) is 0 Å². The van der Waals surface area contributed by atoms with Crippen molar-refractivity contribution in [3.8, 4) is 0 Å². The van der Waals surface area contributed by atoms with Gasteiger partial charge in [0.25, 0.3) is 0 Å². The topological polar surface area (TPSA) is 78.9 Å². The lowest BCUT2D eigenvalue weighted by molar-refractivity contribution is -0.167. The third-order valence-electron chi connectivity index (χ3n) is 9.78. The fourth-order valence-corrected chi connectivity index (χ4v) is 6.13. The van der Waals surface area contributed by atoms with E-state index in [2.05, 4.69) is 106 Å². The lowest BCUT2D eigenvalue weighted by Gasteiger charge is -2.18. The van der Waals surface area contributed by atoms with Crippen LogP contribution in [0.15, 0.2) is 122 Å². The first-order valence-electron chi connectivity index (χ1n) is 24.6. The van der Waals surface area contributed by atoms with E-state index in [-0.39, 0.29) is 44.0 Å². The molecule has 6 nitrogen and oxygen atoms in total. The summed E-state index contributed by atoms with van der Waals surface area (Å²) in [6.45, 7) is 6.25. The molecule has 0 aliphatic heterocycles. The zero-order valence-corrected chi connectivity index (χ0v) is 39.6. The van der Waals surface area contributed by atoms with Crippen LogP contribution in [0.4, 0.5) is 0 Å². The van der Waals surface area contributed by atoms with E-state index in [1.165, 1.54) is 44.9 Å². The summed E-state index contributed by atoms with van der Waals surface area (Å²) in [5, 5.41) is 0. The molecule has 0 amide bonds. The van der Waals surface area contributed by atoms with Crippen molar-refractivity contribution in [3.63, 3.8) is 0 Å². The molecule has 0 aromatic heterocycles. The molecule has 6 heteroatoms. The Labute approximate surface area is 380 Å². The molecule has 0 saturated carbocycles. The Kier molecular flexibility index (Phi) is 46.1. The summed E-state index contributed by atoms with van der Waals surface area (Å²) >= 11 is 0. The normalized spacial score (nSPS) is 13.1. The van der Waals surface area contributed by atoms with Crippen molar-refractivity contribution in [2.24, 2.45) is 0 Å². The molecule has 62 heavy (non-hydrogen) atoms. The predicted octanol–water partition coefficient (Wildman–Crippen LogP) is 16.1. The number of allylic oxidation sites excluding steroid dienone is 20. The lowest BCUT2D eigenvalue weighted by atomic mass is 10.1. The molecule has 1 unspecified atom stereocenters. The minimum Gasteiger partial charge on any atom is -0.462 e. The van der Waals surface area contributed by atoms with Gasteiger partial charge in [-0.2, -0.15) is 0 Å². The number of carbonyl (C=O) groups is 3. The second kappa shape index (κ2) is 49.5. The summed E-state index contributed by atoms with van der Waals surface area (Å²) in [6.07, 6.45) is 67.6. The van der Waals surface area contributed by atoms with Gasteiger partial charge in [0, 0.05) is 19.3 Å². The molecule has 0 spiro atoms. The van der Waals surface area contributed by atoms with E-state index in [0.717, 1.165) is 103 Å². The Morgan fingerprint density at radius 1 is 0.355 bits per heavy atom. The van der Waals surface area contributed by atoms with Gasteiger partial charge in [-0.05, 0) is 103 Å². The van der Waals surface area contributed by atoms with Gasteiger partial charge in [0.1, 0.15) is 13.2 Å². The number of hydrogen-bond donors (Lipinski definition) is 0. The van der Waals surface area contributed by atoms with Crippen molar-refractivity contribution in [2.45, 2.75) is 200 Å². The molecule has 0 heterocycles. The Hall–Kier alpha value is -4.19. The van der Waals surface area contributed by atoms with Gasteiger partial charge < -0.3 is 14.2 Å². The maximum Gasteiger partial charge on any atom is 0.306 e. The smallest absolute Gasteiger partial charge is 0.306 e. The molecule has 0 bridgehead atoms. The summed E-state index contributed by atoms with van der Waals surface area (Å²) < 4.78 is 16.7. The Bertz CT molecular complexity index is 1350. The number of ether oxygens (including phenoxy) is 3. The Morgan fingerprint density at radius 3 is 1.26 bits per heavy atom. The van der Waals surface area contributed by atoms with Crippen molar-refractivity contribution in [3.05, 3.63) is 122 Å². The van der Waals surface area contributed by atoms with Crippen LogP contribution in [0.25, 0.3) is 0 Å². The summed E-state index contributed by atoms with van der Waals surface area (Å²) in [5.41, 5.74) is 0. The van der Waals surface area contributed by atoms with Gasteiger partial charge in [-0.3, -0.25) is 14.4 Å². The molecule has 0 aliphatic carbocycles. The molecule has 0 aliphatic rings. The molecule has 348 valence electrons. The van der Waals surface area contributed by atoms with Crippen LogP contribution in [0, 0.1) is 0 Å². The molecule has 0 aromatic rings. The van der Waals surface area contributed by atoms with Gasteiger partial charge in [0.15, 0.2) is 6.10 Å². The predicted molar refractivity (Wildman–Crippen MR) is 265 cm³/mol. The van der Waals surface area contributed by atoms with Crippen molar-refractivity contribution in [1.29, 1.82) is 0 Å². The van der Waals surface area contributed by atoms with Gasteiger partial charge in [-0.1, -0.05) is 194 Å². The van der Waals surface area contributed by atoms with Crippen molar-refractivity contribution >= 4 is 17.9 Å².